The van der Waals surface area contributed by atoms with Crippen molar-refractivity contribution in [1.29, 1.82) is 0 Å². The minimum atomic E-state index is 0.0486. The number of carbonyl (C=O) groups excluding carboxylic acids is 1. The second kappa shape index (κ2) is 5.49. The molecule has 1 saturated carbocycles. The summed E-state index contributed by atoms with van der Waals surface area (Å²) in [5, 5.41) is 2.91. The van der Waals surface area contributed by atoms with Crippen LogP contribution in [0.4, 0.5) is 11.5 Å². The zero-order chi connectivity index (χ0) is 14.0. The number of nitrogen functional groups attached to an aromatic ring is 1. The number of amides is 1. The predicted octanol–water partition coefficient (Wildman–Crippen LogP) is 3.58. The maximum Gasteiger partial charge on any atom is 0.229 e. The van der Waals surface area contributed by atoms with Crippen molar-refractivity contribution in [3.05, 3.63) is 16.7 Å². The van der Waals surface area contributed by atoms with Crippen molar-refractivity contribution in [2.45, 2.75) is 39.5 Å². The van der Waals surface area contributed by atoms with Crippen LogP contribution in [0.2, 0.25) is 0 Å². The smallest absolute Gasteiger partial charge is 0.229 e. The molecular formula is C14H20BrN3O. The molecule has 1 atom stereocenters. The number of rotatable bonds is 2. The molecule has 1 aliphatic rings. The summed E-state index contributed by atoms with van der Waals surface area (Å²) in [6, 6.07) is 1.74. The van der Waals surface area contributed by atoms with Gasteiger partial charge < -0.3 is 11.1 Å². The van der Waals surface area contributed by atoms with Gasteiger partial charge in [-0.25, -0.2) is 4.98 Å². The van der Waals surface area contributed by atoms with Crippen LogP contribution in [0.15, 0.2) is 16.7 Å². The van der Waals surface area contributed by atoms with Crippen LogP contribution in [0.5, 0.6) is 0 Å². The molecule has 1 aromatic heterocycles. The number of anilines is 2. The average molecular weight is 326 g/mol. The predicted molar refractivity (Wildman–Crippen MR) is 80.7 cm³/mol. The molecule has 0 aromatic carbocycles. The number of carbonyl (C=O) groups is 1. The summed E-state index contributed by atoms with van der Waals surface area (Å²) in [5.41, 5.74) is 6.27. The van der Waals surface area contributed by atoms with Gasteiger partial charge in [-0.3, -0.25) is 4.79 Å². The van der Waals surface area contributed by atoms with Gasteiger partial charge in [0.25, 0.3) is 0 Å². The van der Waals surface area contributed by atoms with Crippen LogP contribution in [0, 0.1) is 11.3 Å². The molecule has 1 unspecified atom stereocenters. The van der Waals surface area contributed by atoms with E-state index in [1.807, 2.05) is 0 Å². The summed E-state index contributed by atoms with van der Waals surface area (Å²) >= 11 is 3.37. The summed E-state index contributed by atoms with van der Waals surface area (Å²) in [5.74, 6) is 0.649. The van der Waals surface area contributed by atoms with Gasteiger partial charge in [0.2, 0.25) is 5.91 Å². The molecule has 0 radical (unpaired) electrons. The molecule has 1 fully saturated rings. The minimum Gasteiger partial charge on any atom is -0.397 e. The number of hydrogen-bond acceptors (Lipinski definition) is 3. The highest BCUT2D eigenvalue weighted by molar-refractivity contribution is 9.10. The lowest BCUT2D eigenvalue weighted by Gasteiger charge is -2.37. The van der Waals surface area contributed by atoms with Crippen LogP contribution in [-0.2, 0) is 4.79 Å². The summed E-state index contributed by atoms with van der Waals surface area (Å²) in [7, 11) is 0. The molecular weight excluding hydrogens is 306 g/mol. The number of aromatic nitrogens is 1. The Bertz CT molecular complexity index is 488. The van der Waals surface area contributed by atoms with E-state index in [1.54, 1.807) is 12.3 Å². The van der Waals surface area contributed by atoms with Crippen LogP contribution in [-0.4, -0.2) is 10.9 Å². The summed E-state index contributed by atoms with van der Waals surface area (Å²) in [4.78, 5) is 16.6. The molecule has 4 nitrogen and oxygen atoms in total. The summed E-state index contributed by atoms with van der Waals surface area (Å²) in [6.07, 6.45) is 5.93. The topological polar surface area (TPSA) is 68.0 Å². The first kappa shape index (κ1) is 14.3. The second-order valence-electron chi connectivity index (χ2n) is 5.88. The molecule has 104 valence electrons. The van der Waals surface area contributed by atoms with E-state index in [4.69, 9.17) is 5.73 Å². The summed E-state index contributed by atoms with van der Waals surface area (Å²) < 4.78 is 0.717. The van der Waals surface area contributed by atoms with Crippen molar-refractivity contribution in [2.75, 3.05) is 11.1 Å². The van der Waals surface area contributed by atoms with Crippen LogP contribution < -0.4 is 11.1 Å². The van der Waals surface area contributed by atoms with Crippen molar-refractivity contribution in [3.8, 4) is 0 Å². The minimum absolute atomic E-state index is 0.0486. The van der Waals surface area contributed by atoms with E-state index in [-0.39, 0.29) is 17.2 Å². The lowest BCUT2D eigenvalue weighted by molar-refractivity contribution is -0.124. The van der Waals surface area contributed by atoms with Crippen molar-refractivity contribution >= 4 is 33.3 Å². The quantitative estimate of drug-likeness (QED) is 0.873. The standard InChI is InChI=1S/C14H20BrN3O/c1-14(2)6-4-3-5-10(14)13(19)18-12-11(15)7-9(16)8-17-12/h7-8,10H,3-6,16H2,1-2H3,(H,17,18,19). The average Bonchev–Trinajstić information content (AvgIpc) is 2.32. The number of hydrogen-bond donors (Lipinski definition) is 2. The third-order valence-corrected chi connectivity index (χ3v) is 4.53. The fraction of sp³-hybridized carbons (Fsp3) is 0.571. The Kier molecular flexibility index (Phi) is 4.13. The van der Waals surface area contributed by atoms with Gasteiger partial charge in [-0.05, 0) is 40.3 Å². The van der Waals surface area contributed by atoms with E-state index in [1.165, 1.54) is 6.42 Å². The first-order valence-corrected chi connectivity index (χ1v) is 7.41. The maximum atomic E-state index is 12.4. The Morgan fingerprint density at radius 3 is 2.89 bits per heavy atom. The Morgan fingerprint density at radius 2 is 2.26 bits per heavy atom. The third-order valence-electron chi connectivity index (χ3n) is 3.93. The van der Waals surface area contributed by atoms with Gasteiger partial charge in [0.15, 0.2) is 0 Å². The zero-order valence-corrected chi connectivity index (χ0v) is 13.0. The molecule has 1 amide bonds. The van der Waals surface area contributed by atoms with E-state index >= 15 is 0 Å². The van der Waals surface area contributed by atoms with Crippen LogP contribution in [0.25, 0.3) is 0 Å². The van der Waals surface area contributed by atoms with Gasteiger partial charge in [-0.2, -0.15) is 0 Å². The van der Waals surface area contributed by atoms with E-state index in [2.05, 4.69) is 40.1 Å². The van der Waals surface area contributed by atoms with E-state index in [0.717, 1.165) is 23.7 Å². The second-order valence-corrected chi connectivity index (χ2v) is 6.73. The first-order valence-electron chi connectivity index (χ1n) is 6.62. The van der Waals surface area contributed by atoms with E-state index in [0.29, 0.717) is 11.5 Å². The molecule has 0 aliphatic heterocycles. The fourth-order valence-electron chi connectivity index (χ4n) is 2.73. The van der Waals surface area contributed by atoms with Crippen molar-refractivity contribution in [2.24, 2.45) is 11.3 Å². The number of nitrogens with one attached hydrogen (secondary N) is 1. The van der Waals surface area contributed by atoms with Crippen molar-refractivity contribution < 1.29 is 4.79 Å². The van der Waals surface area contributed by atoms with Gasteiger partial charge in [0, 0.05) is 5.92 Å². The van der Waals surface area contributed by atoms with Gasteiger partial charge in [0.05, 0.1) is 16.4 Å². The van der Waals surface area contributed by atoms with Gasteiger partial charge >= 0.3 is 0 Å². The normalized spacial score (nSPS) is 21.9. The number of halogens is 1. The number of nitrogens with two attached hydrogens (primary N) is 1. The van der Waals surface area contributed by atoms with Crippen LogP contribution >= 0.6 is 15.9 Å². The molecule has 0 bridgehead atoms. The van der Waals surface area contributed by atoms with E-state index < -0.39 is 0 Å². The Balaban J connectivity index is 2.12. The Hall–Kier alpha value is -1.10. The van der Waals surface area contributed by atoms with Crippen LogP contribution in [0.1, 0.15) is 39.5 Å². The molecule has 1 aliphatic carbocycles. The molecule has 1 heterocycles. The van der Waals surface area contributed by atoms with Crippen LogP contribution in [0.3, 0.4) is 0 Å². The zero-order valence-electron chi connectivity index (χ0n) is 11.4. The third kappa shape index (κ3) is 3.26. The SMILES string of the molecule is CC1(C)CCCCC1C(=O)Nc1ncc(N)cc1Br. The lowest BCUT2D eigenvalue weighted by Crippen LogP contribution is -2.37. The molecule has 1 aromatic rings. The number of nitrogens with zero attached hydrogens (tertiary/aromatic N) is 1. The molecule has 0 spiro atoms. The molecule has 3 N–H and O–H groups in total. The maximum absolute atomic E-state index is 12.4. The molecule has 19 heavy (non-hydrogen) atoms. The monoisotopic (exact) mass is 325 g/mol. The van der Waals surface area contributed by atoms with Crippen molar-refractivity contribution in [3.63, 3.8) is 0 Å². The van der Waals surface area contributed by atoms with Gasteiger partial charge in [-0.1, -0.05) is 26.7 Å². The Morgan fingerprint density at radius 1 is 1.53 bits per heavy atom. The van der Waals surface area contributed by atoms with Crippen molar-refractivity contribution in [1.82, 2.24) is 4.98 Å². The highest BCUT2D eigenvalue weighted by atomic mass is 79.9. The molecule has 5 heteroatoms. The number of pyridine rings is 1. The van der Waals surface area contributed by atoms with Gasteiger partial charge in [-0.15, -0.1) is 0 Å². The molecule has 2 rings (SSSR count). The lowest BCUT2D eigenvalue weighted by atomic mass is 9.68. The van der Waals surface area contributed by atoms with E-state index in [9.17, 15) is 4.79 Å². The van der Waals surface area contributed by atoms with Gasteiger partial charge in [0.1, 0.15) is 5.82 Å². The fourth-order valence-corrected chi connectivity index (χ4v) is 3.19. The largest absolute Gasteiger partial charge is 0.397 e. The molecule has 0 saturated heterocycles. The highest BCUT2D eigenvalue weighted by Gasteiger charge is 2.37. The first-order chi connectivity index (χ1) is 8.90. The Labute approximate surface area is 122 Å². The summed E-state index contributed by atoms with van der Waals surface area (Å²) in [6.45, 7) is 4.34. The highest BCUT2D eigenvalue weighted by Crippen LogP contribution is 2.41.